The summed E-state index contributed by atoms with van der Waals surface area (Å²) in [5, 5.41) is 10.2. The molecule has 3 atom stereocenters. The Labute approximate surface area is 119 Å². The van der Waals surface area contributed by atoms with Crippen LogP contribution in [0.4, 0.5) is 22.0 Å². The molecule has 21 heavy (non-hydrogen) atoms. The summed E-state index contributed by atoms with van der Waals surface area (Å²) in [6.07, 6.45) is -5.25. The zero-order valence-corrected chi connectivity index (χ0v) is 11.6. The molecule has 0 aliphatic heterocycles. The van der Waals surface area contributed by atoms with Crippen LogP contribution < -0.4 is 0 Å². The van der Waals surface area contributed by atoms with Gasteiger partial charge in [0.25, 0.3) is 0 Å². The number of rotatable bonds is 2. The maximum absolute atomic E-state index is 13.8. The van der Waals surface area contributed by atoms with Crippen molar-refractivity contribution in [1.82, 2.24) is 0 Å². The summed E-state index contributed by atoms with van der Waals surface area (Å²) in [6, 6.07) is 2.57. The first-order valence-corrected chi connectivity index (χ1v) is 6.91. The molecular weight excluding hydrogens is 291 g/mol. The van der Waals surface area contributed by atoms with E-state index in [0.29, 0.717) is 12.8 Å². The summed E-state index contributed by atoms with van der Waals surface area (Å²) >= 11 is 0. The molecule has 1 nitrogen and oxygen atoms in total. The maximum Gasteiger partial charge on any atom is 0.391 e. The van der Waals surface area contributed by atoms with Crippen molar-refractivity contribution in [2.45, 2.75) is 44.9 Å². The van der Waals surface area contributed by atoms with E-state index in [9.17, 15) is 27.1 Å². The van der Waals surface area contributed by atoms with Gasteiger partial charge in [0.15, 0.2) is 11.6 Å². The molecule has 0 saturated heterocycles. The minimum Gasteiger partial charge on any atom is -0.388 e. The Morgan fingerprint density at radius 1 is 1.14 bits per heavy atom. The lowest BCUT2D eigenvalue weighted by Gasteiger charge is -2.33. The number of hydrogen-bond donors (Lipinski definition) is 1. The molecule has 0 radical (unpaired) electrons. The normalized spacial score (nSPS) is 24.9. The molecule has 0 amide bonds. The molecule has 3 unspecified atom stereocenters. The van der Waals surface area contributed by atoms with Crippen molar-refractivity contribution in [2.24, 2.45) is 11.8 Å². The summed E-state index contributed by atoms with van der Waals surface area (Å²) in [6.45, 7) is 1.38. The van der Waals surface area contributed by atoms with Gasteiger partial charge >= 0.3 is 6.18 Å². The highest BCUT2D eigenvalue weighted by atomic mass is 19.4. The summed E-state index contributed by atoms with van der Waals surface area (Å²) in [7, 11) is 0. The fourth-order valence-electron chi connectivity index (χ4n) is 2.95. The molecule has 1 N–H and O–H groups in total. The van der Waals surface area contributed by atoms with Crippen molar-refractivity contribution in [3.8, 4) is 0 Å². The van der Waals surface area contributed by atoms with Crippen molar-refractivity contribution in [3.05, 3.63) is 34.9 Å². The van der Waals surface area contributed by atoms with Gasteiger partial charge in [-0.05, 0) is 37.7 Å². The number of aliphatic hydroxyl groups is 1. The van der Waals surface area contributed by atoms with Crippen LogP contribution in [0.1, 0.15) is 42.9 Å². The third-order valence-corrected chi connectivity index (χ3v) is 4.25. The molecule has 0 spiro atoms. The quantitative estimate of drug-likeness (QED) is 0.787. The highest BCUT2D eigenvalue weighted by Crippen LogP contribution is 2.44. The minimum atomic E-state index is -4.31. The summed E-state index contributed by atoms with van der Waals surface area (Å²) in [5.41, 5.74) is -0.161. The van der Waals surface area contributed by atoms with E-state index in [1.807, 2.05) is 0 Å². The molecular formula is C15H17F5O. The predicted molar refractivity (Wildman–Crippen MR) is 67.6 cm³/mol. The Balaban J connectivity index is 2.20. The van der Waals surface area contributed by atoms with E-state index in [2.05, 4.69) is 0 Å². The van der Waals surface area contributed by atoms with Gasteiger partial charge in [-0.3, -0.25) is 0 Å². The second kappa shape index (κ2) is 5.91. The maximum atomic E-state index is 13.8. The second-order valence-electron chi connectivity index (χ2n) is 5.71. The lowest BCUT2D eigenvalue weighted by Crippen LogP contribution is -2.31. The molecule has 1 aromatic rings. The molecule has 118 valence electrons. The van der Waals surface area contributed by atoms with Crippen molar-refractivity contribution in [3.63, 3.8) is 0 Å². The summed E-state index contributed by atoms with van der Waals surface area (Å²) < 4.78 is 65.6. The van der Waals surface area contributed by atoms with Crippen molar-refractivity contribution in [2.75, 3.05) is 0 Å². The minimum absolute atomic E-state index is 0.0253. The lowest BCUT2D eigenvalue weighted by molar-refractivity contribution is -0.189. The Kier molecular flexibility index (Phi) is 4.56. The van der Waals surface area contributed by atoms with Crippen LogP contribution >= 0.6 is 0 Å². The van der Waals surface area contributed by atoms with Crippen molar-refractivity contribution >= 4 is 0 Å². The fraction of sp³-hybridized carbons (Fsp3) is 0.600. The van der Waals surface area contributed by atoms with Gasteiger partial charge < -0.3 is 5.11 Å². The SMILES string of the molecule is Cc1ccc(C(O)C2CCCC(C(F)(F)F)C2)c(F)c1F. The molecule has 1 saturated carbocycles. The van der Waals surface area contributed by atoms with Crippen molar-refractivity contribution in [1.29, 1.82) is 0 Å². The largest absolute Gasteiger partial charge is 0.391 e. The van der Waals surface area contributed by atoms with Crippen molar-refractivity contribution < 1.29 is 27.1 Å². The van der Waals surface area contributed by atoms with Crippen LogP contribution in [-0.2, 0) is 0 Å². The third kappa shape index (κ3) is 3.36. The Morgan fingerprint density at radius 2 is 1.81 bits per heavy atom. The molecule has 1 aliphatic rings. The third-order valence-electron chi connectivity index (χ3n) is 4.25. The van der Waals surface area contributed by atoms with Gasteiger partial charge in [0.2, 0.25) is 0 Å². The molecule has 0 bridgehead atoms. The van der Waals surface area contributed by atoms with Gasteiger partial charge in [-0.2, -0.15) is 13.2 Å². The highest BCUT2D eigenvalue weighted by molar-refractivity contribution is 5.27. The molecule has 6 heteroatoms. The number of benzene rings is 1. The van der Waals surface area contributed by atoms with E-state index in [4.69, 9.17) is 0 Å². The highest BCUT2D eigenvalue weighted by Gasteiger charge is 2.43. The van der Waals surface area contributed by atoms with Gasteiger partial charge in [-0.1, -0.05) is 18.6 Å². The van der Waals surface area contributed by atoms with Gasteiger partial charge in [0, 0.05) is 5.56 Å². The first-order valence-electron chi connectivity index (χ1n) is 6.91. The second-order valence-corrected chi connectivity index (χ2v) is 5.71. The lowest BCUT2D eigenvalue weighted by atomic mass is 9.76. The number of hydrogen-bond acceptors (Lipinski definition) is 1. The van der Waals surface area contributed by atoms with Crippen LogP contribution in [0.5, 0.6) is 0 Å². The first-order chi connectivity index (χ1) is 9.71. The monoisotopic (exact) mass is 308 g/mol. The number of alkyl halides is 3. The van der Waals surface area contributed by atoms with Crippen LogP contribution in [0.25, 0.3) is 0 Å². The topological polar surface area (TPSA) is 20.2 Å². The standard InChI is InChI=1S/C15H17F5O/c1-8-5-6-11(13(17)12(8)16)14(21)9-3-2-4-10(7-9)15(18,19)20/h5-6,9-10,14,21H,2-4,7H2,1H3. The summed E-state index contributed by atoms with van der Waals surface area (Å²) in [4.78, 5) is 0. The zero-order chi connectivity index (χ0) is 15.8. The van der Waals surface area contributed by atoms with Gasteiger partial charge in [0.1, 0.15) is 0 Å². The zero-order valence-electron chi connectivity index (χ0n) is 11.6. The van der Waals surface area contributed by atoms with E-state index >= 15 is 0 Å². The smallest absolute Gasteiger partial charge is 0.388 e. The Bertz CT molecular complexity index is 512. The number of aliphatic hydroxyl groups excluding tert-OH is 1. The van der Waals surface area contributed by atoms with Gasteiger partial charge in [0.05, 0.1) is 12.0 Å². The fourth-order valence-corrected chi connectivity index (χ4v) is 2.95. The summed E-state index contributed by atoms with van der Waals surface area (Å²) in [5.74, 6) is -4.42. The van der Waals surface area contributed by atoms with Crippen LogP contribution in [-0.4, -0.2) is 11.3 Å². The predicted octanol–water partition coefficient (Wildman–Crippen LogP) is 4.68. The van der Waals surface area contributed by atoms with E-state index in [1.165, 1.54) is 19.1 Å². The van der Waals surface area contributed by atoms with E-state index in [1.54, 1.807) is 0 Å². The molecule has 1 aliphatic carbocycles. The first kappa shape index (κ1) is 16.2. The molecule has 0 aromatic heterocycles. The molecule has 1 aromatic carbocycles. The average molecular weight is 308 g/mol. The average Bonchev–Trinajstić information content (AvgIpc) is 2.43. The van der Waals surface area contributed by atoms with Crippen LogP contribution in [0.3, 0.4) is 0 Å². The Morgan fingerprint density at radius 3 is 2.43 bits per heavy atom. The van der Waals surface area contributed by atoms with Gasteiger partial charge in [-0.15, -0.1) is 0 Å². The molecule has 0 heterocycles. The van der Waals surface area contributed by atoms with Crippen LogP contribution in [0.15, 0.2) is 12.1 Å². The van der Waals surface area contributed by atoms with E-state index in [0.717, 1.165) is 0 Å². The molecule has 2 rings (SSSR count). The van der Waals surface area contributed by atoms with E-state index in [-0.39, 0.29) is 24.0 Å². The van der Waals surface area contributed by atoms with Gasteiger partial charge in [-0.25, -0.2) is 8.78 Å². The number of halogens is 5. The molecule has 1 fully saturated rings. The van der Waals surface area contributed by atoms with E-state index < -0.39 is 35.8 Å². The van der Waals surface area contributed by atoms with Crippen LogP contribution in [0, 0.1) is 30.4 Å². The van der Waals surface area contributed by atoms with Crippen LogP contribution in [0.2, 0.25) is 0 Å². The number of aryl methyl sites for hydroxylation is 1. The Hall–Kier alpha value is -1.17.